The Morgan fingerprint density at radius 2 is 2.05 bits per heavy atom. The van der Waals surface area contributed by atoms with Crippen LogP contribution in [0.5, 0.6) is 5.75 Å². The van der Waals surface area contributed by atoms with Gasteiger partial charge in [-0.3, -0.25) is 4.99 Å². The lowest BCUT2D eigenvalue weighted by Crippen LogP contribution is -2.45. The maximum atomic E-state index is 13.3. The van der Waals surface area contributed by atoms with Gasteiger partial charge >= 0.3 is 0 Å². The molecule has 0 bridgehead atoms. The molecule has 1 aromatic rings. The third kappa shape index (κ3) is 4.61. The molecule has 0 atom stereocenters. The number of guanidine groups is 1. The normalized spacial score (nSPS) is 19.0. The van der Waals surface area contributed by atoms with Crippen molar-refractivity contribution in [3.63, 3.8) is 0 Å². The molecule has 1 fully saturated rings. The van der Waals surface area contributed by atoms with Gasteiger partial charge in [-0.25, -0.2) is 4.39 Å². The first-order chi connectivity index (χ1) is 10.4. The van der Waals surface area contributed by atoms with E-state index in [1.54, 1.807) is 13.1 Å². The van der Waals surface area contributed by atoms with Crippen LogP contribution >= 0.6 is 0 Å². The monoisotopic (exact) mass is 307 g/mol. The Morgan fingerprint density at radius 3 is 2.64 bits per heavy atom. The molecule has 3 N–H and O–H groups in total. The maximum absolute atomic E-state index is 13.3. The lowest BCUT2D eigenvalue weighted by Gasteiger charge is -2.35. The fraction of sp³-hybridized carbons (Fsp3) is 0.588. The molecule has 0 aromatic heterocycles. The lowest BCUT2D eigenvalue weighted by atomic mass is 9.75. The minimum atomic E-state index is -0.600. The first kappa shape index (κ1) is 16.6. The highest BCUT2D eigenvalue weighted by atomic mass is 19.1. The Labute approximate surface area is 131 Å². The van der Waals surface area contributed by atoms with Gasteiger partial charge in [0.2, 0.25) is 0 Å². The van der Waals surface area contributed by atoms with E-state index in [0.717, 1.165) is 24.4 Å². The molecule has 0 spiro atoms. The zero-order valence-corrected chi connectivity index (χ0v) is 13.6. The van der Waals surface area contributed by atoms with Crippen molar-refractivity contribution in [2.75, 3.05) is 7.05 Å². The number of aliphatic imine (C=N–C) groups is 1. The first-order valence-electron chi connectivity index (χ1n) is 7.84. The molecule has 22 heavy (non-hydrogen) atoms. The second kappa shape index (κ2) is 6.99. The Bertz CT molecular complexity index is 533. The van der Waals surface area contributed by atoms with E-state index in [4.69, 9.17) is 0 Å². The number of nitrogens with one attached hydrogen (secondary N) is 2. The van der Waals surface area contributed by atoms with Crippen LogP contribution in [-0.4, -0.2) is 24.2 Å². The molecule has 0 heterocycles. The average Bonchev–Trinajstić information content (AvgIpc) is 2.48. The van der Waals surface area contributed by atoms with Gasteiger partial charge in [-0.2, -0.15) is 0 Å². The average molecular weight is 307 g/mol. The van der Waals surface area contributed by atoms with Gasteiger partial charge < -0.3 is 15.7 Å². The van der Waals surface area contributed by atoms with E-state index in [-0.39, 0.29) is 5.75 Å². The van der Waals surface area contributed by atoms with E-state index in [1.807, 2.05) is 0 Å². The number of aromatic hydroxyl groups is 1. The van der Waals surface area contributed by atoms with Crippen molar-refractivity contribution in [2.45, 2.75) is 52.1 Å². The third-order valence-corrected chi connectivity index (χ3v) is 4.38. The van der Waals surface area contributed by atoms with Gasteiger partial charge in [0, 0.05) is 19.6 Å². The number of nitrogens with zero attached hydrogens (tertiary/aromatic N) is 1. The second-order valence-electron chi connectivity index (χ2n) is 6.79. The summed E-state index contributed by atoms with van der Waals surface area (Å²) in [5.41, 5.74) is 1.21. The summed E-state index contributed by atoms with van der Waals surface area (Å²) in [7, 11) is 1.74. The number of rotatable bonds is 3. The van der Waals surface area contributed by atoms with E-state index in [1.165, 1.54) is 25.0 Å². The summed E-state index contributed by atoms with van der Waals surface area (Å²) < 4.78 is 13.3. The van der Waals surface area contributed by atoms with Gasteiger partial charge in [-0.05, 0) is 48.8 Å². The Balaban J connectivity index is 1.84. The fourth-order valence-electron chi connectivity index (χ4n) is 2.78. The Kier molecular flexibility index (Phi) is 5.27. The number of benzene rings is 1. The molecule has 2 rings (SSSR count). The Hall–Kier alpha value is -1.78. The molecule has 1 aromatic carbocycles. The number of hydrogen-bond acceptors (Lipinski definition) is 2. The van der Waals surface area contributed by atoms with Crippen molar-refractivity contribution in [1.82, 2.24) is 10.6 Å². The van der Waals surface area contributed by atoms with E-state index >= 15 is 0 Å². The van der Waals surface area contributed by atoms with Crippen LogP contribution in [0.4, 0.5) is 4.39 Å². The second-order valence-corrected chi connectivity index (χ2v) is 6.79. The van der Waals surface area contributed by atoms with Crippen LogP contribution in [-0.2, 0) is 6.54 Å². The SMILES string of the molecule is CN=C(NCc1ccc(O)c(F)c1)NC1CCC(C)(C)CC1. The highest BCUT2D eigenvalue weighted by molar-refractivity contribution is 5.79. The van der Waals surface area contributed by atoms with E-state index in [0.29, 0.717) is 18.0 Å². The molecule has 1 aliphatic rings. The van der Waals surface area contributed by atoms with Crippen molar-refractivity contribution in [3.8, 4) is 5.75 Å². The topological polar surface area (TPSA) is 56.7 Å². The molecule has 0 amide bonds. The summed E-state index contributed by atoms with van der Waals surface area (Å²) in [5.74, 6) is -0.189. The molecular weight excluding hydrogens is 281 g/mol. The van der Waals surface area contributed by atoms with Crippen molar-refractivity contribution < 1.29 is 9.50 Å². The molecule has 0 unspecified atom stereocenters. The van der Waals surface area contributed by atoms with Crippen LogP contribution in [0.25, 0.3) is 0 Å². The first-order valence-corrected chi connectivity index (χ1v) is 7.84. The highest BCUT2D eigenvalue weighted by Crippen LogP contribution is 2.34. The molecule has 5 heteroatoms. The number of phenolic OH excluding ortho intramolecular Hbond substituents is 1. The van der Waals surface area contributed by atoms with Crippen LogP contribution in [0.2, 0.25) is 0 Å². The number of halogens is 1. The fourth-order valence-corrected chi connectivity index (χ4v) is 2.78. The maximum Gasteiger partial charge on any atom is 0.191 e. The van der Waals surface area contributed by atoms with Crippen LogP contribution in [0.15, 0.2) is 23.2 Å². The minimum absolute atomic E-state index is 0.323. The minimum Gasteiger partial charge on any atom is -0.505 e. The summed E-state index contributed by atoms with van der Waals surface area (Å²) in [6, 6.07) is 4.84. The van der Waals surface area contributed by atoms with Gasteiger partial charge in [0.05, 0.1) is 0 Å². The molecule has 0 aliphatic heterocycles. The molecule has 0 saturated heterocycles. The van der Waals surface area contributed by atoms with Crippen molar-refractivity contribution in [3.05, 3.63) is 29.6 Å². The molecule has 1 aliphatic carbocycles. The summed E-state index contributed by atoms with van der Waals surface area (Å²) in [4.78, 5) is 4.22. The van der Waals surface area contributed by atoms with Gasteiger partial charge in [0.1, 0.15) is 0 Å². The summed E-state index contributed by atoms with van der Waals surface area (Å²) in [6.45, 7) is 5.10. The van der Waals surface area contributed by atoms with Crippen LogP contribution in [0, 0.1) is 11.2 Å². The van der Waals surface area contributed by atoms with Gasteiger partial charge in [-0.15, -0.1) is 0 Å². The summed E-state index contributed by atoms with van der Waals surface area (Å²) >= 11 is 0. The van der Waals surface area contributed by atoms with Crippen LogP contribution in [0.3, 0.4) is 0 Å². The predicted octanol–water partition coefficient (Wildman–Crippen LogP) is 3.17. The zero-order chi connectivity index (χ0) is 16.2. The molecule has 0 radical (unpaired) electrons. The van der Waals surface area contributed by atoms with Gasteiger partial charge in [0.25, 0.3) is 0 Å². The van der Waals surface area contributed by atoms with Crippen molar-refractivity contribution in [1.29, 1.82) is 0 Å². The van der Waals surface area contributed by atoms with Gasteiger partial charge in [0.15, 0.2) is 17.5 Å². The molecule has 1 saturated carbocycles. The lowest BCUT2D eigenvalue weighted by molar-refractivity contribution is 0.216. The smallest absolute Gasteiger partial charge is 0.191 e. The third-order valence-electron chi connectivity index (χ3n) is 4.38. The standard InChI is InChI=1S/C17H26FN3O/c1-17(2)8-6-13(7-9-17)21-16(19-3)20-11-12-4-5-15(22)14(18)10-12/h4-5,10,13,22H,6-9,11H2,1-3H3,(H2,19,20,21). The molecular formula is C17H26FN3O. The molecule has 122 valence electrons. The summed E-state index contributed by atoms with van der Waals surface area (Å²) in [6.07, 6.45) is 4.71. The van der Waals surface area contributed by atoms with Crippen LogP contribution in [0.1, 0.15) is 45.1 Å². The zero-order valence-electron chi connectivity index (χ0n) is 13.6. The number of hydrogen-bond donors (Lipinski definition) is 3. The van der Waals surface area contributed by atoms with E-state index < -0.39 is 5.82 Å². The van der Waals surface area contributed by atoms with E-state index in [9.17, 15) is 9.50 Å². The number of phenols is 1. The highest BCUT2D eigenvalue weighted by Gasteiger charge is 2.27. The van der Waals surface area contributed by atoms with Crippen molar-refractivity contribution >= 4 is 5.96 Å². The van der Waals surface area contributed by atoms with E-state index in [2.05, 4.69) is 29.5 Å². The Morgan fingerprint density at radius 1 is 1.36 bits per heavy atom. The predicted molar refractivity (Wildman–Crippen MR) is 87.4 cm³/mol. The van der Waals surface area contributed by atoms with Crippen LogP contribution < -0.4 is 10.6 Å². The molecule has 4 nitrogen and oxygen atoms in total. The van der Waals surface area contributed by atoms with Crippen molar-refractivity contribution in [2.24, 2.45) is 10.4 Å². The van der Waals surface area contributed by atoms with Gasteiger partial charge in [-0.1, -0.05) is 19.9 Å². The quantitative estimate of drug-likeness (QED) is 0.594. The largest absolute Gasteiger partial charge is 0.505 e. The summed E-state index contributed by atoms with van der Waals surface area (Å²) in [5, 5.41) is 15.8.